The summed E-state index contributed by atoms with van der Waals surface area (Å²) in [4.78, 5) is 17.2. The van der Waals surface area contributed by atoms with Crippen LogP contribution in [0.1, 0.15) is 19.4 Å². The first-order valence-corrected chi connectivity index (χ1v) is 9.40. The number of hydrogen-bond acceptors (Lipinski definition) is 2. The normalized spacial score (nSPS) is 22.6. The maximum atomic E-state index is 12.9. The number of aromatic nitrogens is 1. The molecule has 3 heterocycles. The molecule has 2 aromatic rings. The molecule has 4 nitrogen and oxygen atoms in total. The van der Waals surface area contributed by atoms with Crippen LogP contribution in [0.3, 0.4) is 0 Å². The van der Waals surface area contributed by atoms with Crippen molar-refractivity contribution in [2.24, 2.45) is 5.92 Å². The van der Waals surface area contributed by atoms with Gasteiger partial charge >= 0.3 is 0 Å². The number of hydrogen-bond donors (Lipinski definition) is 0. The monoisotopic (exact) mass is 357 g/mol. The number of carbonyl (C=O) groups is 1. The lowest BCUT2D eigenvalue weighted by Gasteiger charge is -2.41. The molecule has 1 aromatic heterocycles. The van der Waals surface area contributed by atoms with E-state index in [4.69, 9.17) is 11.6 Å². The number of fused-ring (bicyclic) bond motifs is 2. The summed E-state index contributed by atoms with van der Waals surface area (Å²) >= 11 is 6.37. The molecule has 1 amide bonds. The molecule has 1 aromatic carbocycles. The van der Waals surface area contributed by atoms with E-state index in [9.17, 15) is 4.79 Å². The van der Waals surface area contributed by atoms with Crippen LogP contribution in [0.2, 0.25) is 5.02 Å². The molecule has 2 atom stereocenters. The van der Waals surface area contributed by atoms with E-state index in [0.717, 1.165) is 31.2 Å². The standard InChI is InChI=1S/C20H24ClN3O/c1-4-23(5-2)20(25)14-9-16-17-10-15(21)8-13-6-7-24(19(13)17)12-18(16)22(3)11-14/h6-10,14,18H,4-5,11-12H2,1-3H3/t14-,18-/m1/s1. The molecule has 0 spiro atoms. The number of benzene rings is 1. The highest BCUT2D eigenvalue weighted by atomic mass is 35.5. The molecule has 5 heteroatoms. The second kappa shape index (κ2) is 6.19. The van der Waals surface area contributed by atoms with Crippen LogP contribution >= 0.6 is 11.6 Å². The van der Waals surface area contributed by atoms with Crippen LogP contribution in [-0.2, 0) is 11.3 Å². The zero-order chi connectivity index (χ0) is 17.7. The Morgan fingerprint density at radius 3 is 2.76 bits per heavy atom. The molecular formula is C20H24ClN3O. The van der Waals surface area contributed by atoms with Gasteiger partial charge in [0.25, 0.3) is 0 Å². The van der Waals surface area contributed by atoms with Gasteiger partial charge in [0.15, 0.2) is 0 Å². The van der Waals surface area contributed by atoms with Crippen molar-refractivity contribution >= 4 is 34.0 Å². The fourth-order valence-corrected chi connectivity index (χ4v) is 4.58. The molecule has 0 saturated carbocycles. The third kappa shape index (κ3) is 2.59. The summed E-state index contributed by atoms with van der Waals surface area (Å²) in [5.74, 6) is 0.133. The first-order valence-electron chi connectivity index (χ1n) is 9.03. The number of rotatable bonds is 3. The van der Waals surface area contributed by atoms with Gasteiger partial charge in [-0.05, 0) is 44.7 Å². The quantitative estimate of drug-likeness (QED) is 0.841. The van der Waals surface area contributed by atoms with Gasteiger partial charge in [0.1, 0.15) is 0 Å². The summed E-state index contributed by atoms with van der Waals surface area (Å²) < 4.78 is 2.31. The molecule has 0 N–H and O–H groups in total. The molecular weight excluding hydrogens is 334 g/mol. The molecule has 0 bridgehead atoms. The molecule has 0 fully saturated rings. The Balaban J connectivity index is 1.83. The zero-order valence-electron chi connectivity index (χ0n) is 15.0. The summed E-state index contributed by atoms with van der Waals surface area (Å²) in [5.41, 5.74) is 3.65. The third-order valence-corrected chi connectivity index (χ3v) is 5.87. The predicted molar refractivity (Wildman–Crippen MR) is 103 cm³/mol. The van der Waals surface area contributed by atoms with Gasteiger partial charge in [-0.25, -0.2) is 0 Å². The first-order chi connectivity index (χ1) is 12.0. The Bertz CT molecular complexity index is 865. The van der Waals surface area contributed by atoms with E-state index in [-0.39, 0.29) is 11.8 Å². The highest BCUT2D eigenvalue weighted by Crippen LogP contribution is 2.40. The SMILES string of the molecule is CCN(CC)C(=O)[C@@H]1C=C2c3cc(Cl)cc4ccn(c34)C[C@H]2N(C)C1. The Hall–Kier alpha value is -1.78. The van der Waals surface area contributed by atoms with Crippen molar-refractivity contribution in [3.63, 3.8) is 0 Å². The van der Waals surface area contributed by atoms with Crippen molar-refractivity contribution in [2.75, 3.05) is 26.7 Å². The molecule has 0 aliphatic carbocycles. The van der Waals surface area contributed by atoms with Gasteiger partial charge in [0.05, 0.1) is 17.5 Å². The zero-order valence-corrected chi connectivity index (χ0v) is 15.8. The van der Waals surface area contributed by atoms with Gasteiger partial charge in [-0.3, -0.25) is 9.69 Å². The molecule has 0 radical (unpaired) electrons. The lowest BCUT2D eigenvalue weighted by molar-refractivity contribution is -0.134. The minimum Gasteiger partial charge on any atom is -0.345 e. The van der Waals surface area contributed by atoms with Gasteiger partial charge in [0.2, 0.25) is 5.91 Å². The van der Waals surface area contributed by atoms with E-state index in [1.807, 2.05) is 24.8 Å². The van der Waals surface area contributed by atoms with E-state index >= 15 is 0 Å². The van der Waals surface area contributed by atoms with Gasteiger partial charge < -0.3 is 9.47 Å². The van der Waals surface area contributed by atoms with Gasteiger partial charge in [0, 0.05) is 48.3 Å². The minimum absolute atomic E-state index is 0.0910. The van der Waals surface area contributed by atoms with Crippen LogP contribution in [0, 0.1) is 5.92 Å². The van der Waals surface area contributed by atoms with Gasteiger partial charge in [-0.15, -0.1) is 0 Å². The molecule has 2 aliphatic heterocycles. The smallest absolute Gasteiger partial charge is 0.230 e. The summed E-state index contributed by atoms with van der Waals surface area (Å²) in [7, 11) is 2.12. The molecule has 2 aliphatic rings. The number of halogens is 1. The third-order valence-electron chi connectivity index (χ3n) is 5.65. The number of nitrogens with zero attached hydrogens (tertiary/aromatic N) is 3. The second-order valence-electron chi connectivity index (χ2n) is 7.05. The van der Waals surface area contributed by atoms with E-state index in [1.54, 1.807) is 0 Å². The highest BCUT2D eigenvalue weighted by Gasteiger charge is 2.36. The van der Waals surface area contributed by atoms with Crippen molar-refractivity contribution in [1.29, 1.82) is 0 Å². The summed E-state index contributed by atoms with van der Waals surface area (Å²) in [6.45, 7) is 7.28. The fraction of sp³-hybridized carbons (Fsp3) is 0.450. The van der Waals surface area contributed by atoms with Crippen molar-refractivity contribution in [1.82, 2.24) is 14.4 Å². The molecule has 132 valence electrons. The van der Waals surface area contributed by atoms with Crippen molar-refractivity contribution in [3.8, 4) is 0 Å². The maximum absolute atomic E-state index is 12.9. The summed E-state index contributed by atoms with van der Waals surface area (Å²) in [5, 5.41) is 1.92. The largest absolute Gasteiger partial charge is 0.345 e. The van der Waals surface area contributed by atoms with Crippen molar-refractivity contribution in [2.45, 2.75) is 26.4 Å². The fourth-order valence-electron chi connectivity index (χ4n) is 4.35. The highest BCUT2D eigenvalue weighted by molar-refractivity contribution is 6.31. The average Bonchev–Trinajstić information content (AvgIpc) is 3.00. The summed E-state index contributed by atoms with van der Waals surface area (Å²) in [6, 6.07) is 6.49. The molecule has 4 rings (SSSR count). The molecule has 25 heavy (non-hydrogen) atoms. The Morgan fingerprint density at radius 2 is 2.04 bits per heavy atom. The van der Waals surface area contributed by atoms with E-state index in [1.165, 1.54) is 22.0 Å². The van der Waals surface area contributed by atoms with E-state index < -0.39 is 0 Å². The minimum atomic E-state index is -0.0910. The van der Waals surface area contributed by atoms with Gasteiger partial charge in [-0.2, -0.15) is 0 Å². The lowest BCUT2D eigenvalue weighted by atomic mass is 9.85. The Morgan fingerprint density at radius 1 is 1.28 bits per heavy atom. The predicted octanol–water partition coefficient (Wildman–Crippen LogP) is 3.49. The van der Waals surface area contributed by atoms with Crippen LogP contribution in [0.15, 0.2) is 30.5 Å². The van der Waals surface area contributed by atoms with E-state index in [2.05, 4.69) is 40.9 Å². The topological polar surface area (TPSA) is 28.5 Å². The Kier molecular flexibility index (Phi) is 4.13. The van der Waals surface area contributed by atoms with Gasteiger partial charge in [-0.1, -0.05) is 17.7 Å². The van der Waals surface area contributed by atoms with Crippen molar-refractivity contribution in [3.05, 3.63) is 41.1 Å². The second-order valence-corrected chi connectivity index (χ2v) is 7.49. The van der Waals surface area contributed by atoms with Crippen LogP contribution in [0.25, 0.3) is 16.5 Å². The average molecular weight is 358 g/mol. The Labute approximate surface area is 153 Å². The van der Waals surface area contributed by atoms with Crippen molar-refractivity contribution < 1.29 is 4.79 Å². The lowest BCUT2D eigenvalue weighted by Crippen LogP contribution is -2.48. The molecule has 0 saturated heterocycles. The van der Waals surface area contributed by atoms with Crippen LogP contribution in [0.4, 0.5) is 0 Å². The van der Waals surface area contributed by atoms with E-state index in [0.29, 0.717) is 6.04 Å². The van der Waals surface area contributed by atoms with Crippen LogP contribution < -0.4 is 0 Å². The van der Waals surface area contributed by atoms with Crippen LogP contribution in [0.5, 0.6) is 0 Å². The first kappa shape index (κ1) is 16.7. The summed E-state index contributed by atoms with van der Waals surface area (Å²) in [6.07, 6.45) is 4.34. The molecule has 0 unspecified atom stereocenters. The maximum Gasteiger partial charge on any atom is 0.230 e. The number of carbonyl (C=O) groups excluding carboxylic acids is 1. The van der Waals surface area contributed by atoms with Crippen LogP contribution in [-0.4, -0.2) is 53.0 Å². The number of likely N-dealkylation sites (N-methyl/N-ethyl adjacent to an activating group) is 1. The number of amides is 1.